The van der Waals surface area contributed by atoms with Crippen LogP contribution >= 0.6 is 36.2 Å². The van der Waals surface area contributed by atoms with Crippen molar-refractivity contribution in [3.8, 4) is 0 Å². The lowest BCUT2D eigenvalue weighted by atomic mass is 10.0. The van der Waals surface area contributed by atoms with E-state index in [1.54, 1.807) is 12.1 Å². The molecule has 0 aromatic heterocycles. The SMILES string of the molecule is CCC(C)(C)NSc1ccc(S)c(C(F)F)c1Cl. The summed E-state index contributed by atoms with van der Waals surface area (Å²) in [5.74, 6) is 0. The fraction of sp³-hybridized carbons (Fsp3) is 0.500. The minimum atomic E-state index is -2.62. The van der Waals surface area contributed by atoms with Gasteiger partial charge in [0.1, 0.15) is 0 Å². The second-order valence-electron chi connectivity index (χ2n) is 4.55. The molecular formula is C12H16ClF2NS2. The molecule has 0 atom stereocenters. The number of benzene rings is 1. The normalized spacial score (nSPS) is 12.2. The lowest BCUT2D eigenvalue weighted by molar-refractivity contribution is 0.148. The van der Waals surface area contributed by atoms with E-state index in [1.807, 2.05) is 13.8 Å². The largest absolute Gasteiger partial charge is 0.266 e. The molecule has 1 nitrogen and oxygen atoms in total. The summed E-state index contributed by atoms with van der Waals surface area (Å²) in [4.78, 5) is 0.806. The van der Waals surface area contributed by atoms with Crippen molar-refractivity contribution in [2.45, 2.75) is 48.9 Å². The molecule has 0 heterocycles. The fourth-order valence-corrected chi connectivity index (χ4v) is 2.69. The van der Waals surface area contributed by atoms with Crippen molar-refractivity contribution in [2.24, 2.45) is 0 Å². The molecule has 0 radical (unpaired) electrons. The molecule has 18 heavy (non-hydrogen) atoms. The van der Waals surface area contributed by atoms with Crippen LogP contribution in [-0.4, -0.2) is 5.54 Å². The zero-order valence-corrected chi connectivity index (χ0v) is 12.9. The van der Waals surface area contributed by atoms with Crippen LogP contribution in [-0.2, 0) is 0 Å². The first-order valence-electron chi connectivity index (χ1n) is 5.52. The maximum atomic E-state index is 12.8. The fourth-order valence-electron chi connectivity index (χ4n) is 1.11. The number of halogens is 3. The van der Waals surface area contributed by atoms with E-state index in [-0.39, 0.29) is 21.0 Å². The minimum Gasteiger partial charge on any atom is -0.254 e. The van der Waals surface area contributed by atoms with E-state index < -0.39 is 6.43 Å². The van der Waals surface area contributed by atoms with E-state index in [0.29, 0.717) is 4.90 Å². The molecule has 6 heteroatoms. The smallest absolute Gasteiger partial charge is 0.254 e. The molecule has 1 N–H and O–H groups in total. The summed E-state index contributed by atoms with van der Waals surface area (Å²) in [6.07, 6.45) is -1.70. The van der Waals surface area contributed by atoms with Gasteiger partial charge >= 0.3 is 0 Å². The van der Waals surface area contributed by atoms with Crippen molar-refractivity contribution in [3.05, 3.63) is 22.7 Å². The van der Waals surface area contributed by atoms with Gasteiger partial charge < -0.3 is 0 Å². The highest BCUT2D eigenvalue weighted by Crippen LogP contribution is 2.38. The Hall–Kier alpha value is 0.0300. The summed E-state index contributed by atoms with van der Waals surface area (Å²) >= 11 is 11.3. The van der Waals surface area contributed by atoms with E-state index in [9.17, 15) is 8.78 Å². The highest BCUT2D eigenvalue weighted by atomic mass is 35.5. The van der Waals surface area contributed by atoms with Crippen molar-refractivity contribution in [1.29, 1.82) is 0 Å². The molecule has 0 aliphatic heterocycles. The molecule has 0 saturated heterocycles. The Morgan fingerprint density at radius 3 is 2.56 bits per heavy atom. The van der Waals surface area contributed by atoms with Crippen molar-refractivity contribution in [2.75, 3.05) is 0 Å². The molecular weight excluding hydrogens is 296 g/mol. The van der Waals surface area contributed by atoms with Gasteiger partial charge in [0.2, 0.25) is 0 Å². The molecule has 0 aliphatic rings. The Balaban J connectivity index is 2.95. The van der Waals surface area contributed by atoms with E-state index in [2.05, 4.69) is 24.3 Å². The summed E-state index contributed by atoms with van der Waals surface area (Å²) in [5, 5.41) is 0.0712. The zero-order chi connectivity index (χ0) is 13.9. The van der Waals surface area contributed by atoms with Gasteiger partial charge in [0.05, 0.1) is 10.6 Å². The van der Waals surface area contributed by atoms with Crippen LogP contribution in [0.25, 0.3) is 0 Å². The Bertz CT molecular complexity index is 425. The van der Waals surface area contributed by atoms with Crippen LogP contribution in [0.2, 0.25) is 5.02 Å². The maximum Gasteiger partial charge on any atom is 0.266 e. The van der Waals surface area contributed by atoms with Gasteiger partial charge in [-0.3, -0.25) is 4.72 Å². The molecule has 0 saturated carbocycles. The van der Waals surface area contributed by atoms with Crippen molar-refractivity contribution in [3.63, 3.8) is 0 Å². The number of thiol groups is 1. The van der Waals surface area contributed by atoms with Gasteiger partial charge in [-0.05, 0) is 44.3 Å². The van der Waals surface area contributed by atoms with Crippen LogP contribution < -0.4 is 4.72 Å². The zero-order valence-electron chi connectivity index (χ0n) is 10.4. The number of hydrogen-bond acceptors (Lipinski definition) is 3. The molecule has 1 aromatic rings. The third kappa shape index (κ3) is 4.02. The maximum absolute atomic E-state index is 12.8. The van der Waals surface area contributed by atoms with Crippen LogP contribution in [0.5, 0.6) is 0 Å². The summed E-state index contributed by atoms with van der Waals surface area (Å²) < 4.78 is 28.9. The summed E-state index contributed by atoms with van der Waals surface area (Å²) in [6, 6.07) is 3.24. The Morgan fingerprint density at radius 1 is 1.44 bits per heavy atom. The van der Waals surface area contributed by atoms with Crippen LogP contribution in [0, 0.1) is 0 Å². The lowest BCUT2D eigenvalue weighted by Crippen LogP contribution is -2.33. The second-order valence-corrected chi connectivity index (χ2v) is 6.26. The second kappa shape index (κ2) is 6.46. The van der Waals surface area contributed by atoms with Crippen molar-refractivity contribution >= 4 is 36.2 Å². The van der Waals surface area contributed by atoms with Gasteiger partial charge in [-0.2, -0.15) is 0 Å². The van der Waals surface area contributed by atoms with Gasteiger partial charge in [0.15, 0.2) is 0 Å². The third-order valence-electron chi connectivity index (χ3n) is 2.66. The molecule has 0 unspecified atom stereocenters. The lowest BCUT2D eigenvalue weighted by Gasteiger charge is -2.24. The average molecular weight is 312 g/mol. The number of rotatable bonds is 5. The average Bonchev–Trinajstić information content (AvgIpc) is 2.27. The number of alkyl halides is 2. The van der Waals surface area contributed by atoms with Gasteiger partial charge in [0, 0.05) is 15.3 Å². The Morgan fingerprint density at radius 2 is 2.06 bits per heavy atom. The van der Waals surface area contributed by atoms with Crippen LogP contribution in [0.15, 0.2) is 21.9 Å². The first-order chi connectivity index (χ1) is 8.28. The molecule has 1 aromatic carbocycles. The van der Waals surface area contributed by atoms with Gasteiger partial charge in [-0.1, -0.05) is 18.5 Å². The highest BCUT2D eigenvalue weighted by molar-refractivity contribution is 7.97. The quantitative estimate of drug-likeness (QED) is 0.561. The molecule has 0 bridgehead atoms. The van der Waals surface area contributed by atoms with Gasteiger partial charge in [-0.25, -0.2) is 8.78 Å². The monoisotopic (exact) mass is 311 g/mol. The van der Waals surface area contributed by atoms with E-state index in [4.69, 9.17) is 11.6 Å². The third-order valence-corrected chi connectivity index (χ3v) is 4.78. The Kier molecular flexibility index (Phi) is 5.77. The summed E-state index contributed by atoms with van der Waals surface area (Å²) in [5.41, 5.74) is -0.292. The molecule has 0 aliphatic carbocycles. The molecule has 1 rings (SSSR count). The van der Waals surface area contributed by atoms with Crippen LogP contribution in [0.1, 0.15) is 39.2 Å². The summed E-state index contributed by atoms with van der Waals surface area (Å²) in [7, 11) is 0. The first-order valence-corrected chi connectivity index (χ1v) is 7.16. The van der Waals surface area contributed by atoms with Crippen molar-refractivity contribution in [1.82, 2.24) is 4.72 Å². The molecule has 0 fully saturated rings. The Labute approximate surface area is 121 Å². The molecule has 0 spiro atoms. The van der Waals surface area contributed by atoms with Crippen molar-refractivity contribution < 1.29 is 8.78 Å². The number of nitrogens with one attached hydrogen (secondary N) is 1. The van der Waals surface area contributed by atoms with Crippen LogP contribution in [0.3, 0.4) is 0 Å². The molecule has 102 valence electrons. The first kappa shape index (κ1) is 16.1. The topological polar surface area (TPSA) is 12.0 Å². The summed E-state index contributed by atoms with van der Waals surface area (Å²) in [6.45, 7) is 6.13. The molecule has 0 amide bonds. The standard InChI is InChI=1S/C12H16ClF2NS2/c1-4-12(2,3)16-18-8-6-5-7(17)9(10(8)13)11(14)15/h5-6,11,16-17H,4H2,1-3H3. The minimum absolute atomic E-state index is 0.0712. The highest BCUT2D eigenvalue weighted by Gasteiger charge is 2.20. The van der Waals surface area contributed by atoms with E-state index >= 15 is 0 Å². The van der Waals surface area contributed by atoms with Gasteiger partial charge in [-0.15, -0.1) is 12.6 Å². The number of hydrogen-bond donors (Lipinski definition) is 2. The predicted molar refractivity (Wildman–Crippen MR) is 77.0 cm³/mol. The van der Waals surface area contributed by atoms with Crippen LogP contribution in [0.4, 0.5) is 8.78 Å². The van der Waals surface area contributed by atoms with E-state index in [0.717, 1.165) is 6.42 Å². The predicted octanol–water partition coefficient (Wildman–Crippen LogP) is 5.35. The van der Waals surface area contributed by atoms with E-state index in [1.165, 1.54) is 11.9 Å². The van der Waals surface area contributed by atoms with Gasteiger partial charge in [0.25, 0.3) is 6.43 Å².